The van der Waals surface area contributed by atoms with Crippen molar-refractivity contribution in [2.75, 3.05) is 25.5 Å². The zero-order valence-corrected chi connectivity index (χ0v) is 20.2. The fraction of sp³-hybridized carbons (Fsp3) is 0.320. The number of rotatable bonds is 9. The molecule has 0 saturated heterocycles. The van der Waals surface area contributed by atoms with Gasteiger partial charge in [-0.25, -0.2) is 29.9 Å². The number of ether oxygens (including phenoxy) is 1. The monoisotopic (exact) mass is 472 g/mol. The molecular weight excluding hydrogens is 444 g/mol. The van der Waals surface area contributed by atoms with Crippen LogP contribution in [0, 0.1) is 5.92 Å². The zero-order chi connectivity index (χ0) is 24.8. The predicted molar refractivity (Wildman–Crippen MR) is 133 cm³/mol. The summed E-state index contributed by atoms with van der Waals surface area (Å²) in [4.78, 5) is 38.0. The smallest absolute Gasteiger partial charge is 0.316 e. The molecular formula is C25H28N8O2. The Morgan fingerprint density at radius 3 is 2.54 bits per heavy atom. The lowest BCUT2D eigenvalue weighted by molar-refractivity contribution is 0.0960. The van der Waals surface area contributed by atoms with E-state index in [1.54, 1.807) is 19.4 Å². The van der Waals surface area contributed by atoms with Crippen molar-refractivity contribution in [2.24, 2.45) is 5.92 Å². The molecule has 10 heteroatoms. The quantitative estimate of drug-likeness (QED) is 0.376. The molecule has 2 atom stereocenters. The van der Waals surface area contributed by atoms with Crippen LogP contribution in [0.3, 0.4) is 0 Å². The Labute approximate surface area is 203 Å². The fourth-order valence-electron chi connectivity index (χ4n) is 3.79. The standard InChI is InChI=1S/C25H28N8O2/c1-5-35-25-28-11-17(12-29-25)20-9-21(31-13-30-20)27-10-15(2)16(3)18-7-6-8-19-22(18)32-14-33-23(19)24(34)26-4/h6-9,11-16H,5,10H2,1-4H3,(H,26,34)(H,27,30,31)/t15-,16?/m1/s1. The van der Waals surface area contributed by atoms with Crippen molar-refractivity contribution in [2.45, 2.75) is 26.7 Å². The minimum atomic E-state index is -0.227. The molecule has 10 nitrogen and oxygen atoms in total. The van der Waals surface area contributed by atoms with Crippen molar-refractivity contribution in [1.82, 2.24) is 35.2 Å². The van der Waals surface area contributed by atoms with E-state index in [9.17, 15) is 4.79 Å². The summed E-state index contributed by atoms with van der Waals surface area (Å²) in [6, 6.07) is 8.09. The van der Waals surface area contributed by atoms with Gasteiger partial charge in [-0.15, -0.1) is 0 Å². The molecule has 3 heterocycles. The van der Waals surface area contributed by atoms with Gasteiger partial charge in [0.05, 0.1) is 17.8 Å². The van der Waals surface area contributed by atoms with Gasteiger partial charge >= 0.3 is 6.01 Å². The van der Waals surface area contributed by atoms with Crippen LogP contribution in [0.25, 0.3) is 22.2 Å². The Morgan fingerprint density at radius 1 is 1.03 bits per heavy atom. The van der Waals surface area contributed by atoms with E-state index in [0.717, 1.165) is 27.7 Å². The maximum atomic E-state index is 12.2. The Morgan fingerprint density at radius 2 is 1.80 bits per heavy atom. The van der Waals surface area contributed by atoms with Crippen molar-refractivity contribution in [3.63, 3.8) is 0 Å². The largest absolute Gasteiger partial charge is 0.464 e. The number of carbonyl (C=O) groups is 1. The lowest BCUT2D eigenvalue weighted by Crippen LogP contribution is -2.20. The summed E-state index contributed by atoms with van der Waals surface area (Å²) in [5.74, 6) is 0.894. The van der Waals surface area contributed by atoms with Gasteiger partial charge in [0.25, 0.3) is 5.91 Å². The first-order valence-corrected chi connectivity index (χ1v) is 11.5. The van der Waals surface area contributed by atoms with Crippen molar-refractivity contribution < 1.29 is 9.53 Å². The van der Waals surface area contributed by atoms with Crippen LogP contribution in [0.4, 0.5) is 5.82 Å². The first-order chi connectivity index (χ1) is 17.0. The summed E-state index contributed by atoms with van der Waals surface area (Å²) in [6.45, 7) is 7.41. The average Bonchev–Trinajstić information content (AvgIpc) is 2.91. The number of fused-ring (bicyclic) bond motifs is 1. The number of para-hydroxylation sites is 1. The summed E-state index contributed by atoms with van der Waals surface area (Å²) in [7, 11) is 1.60. The van der Waals surface area contributed by atoms with Gasteiger partial charge in [-0.05, 0) is 24.3 Å². The SMILES string of the molecule is CCOc1ncc(-c2cc(NC[C@@H](C)C(C)c3cccc4c(C(=O)NC)ncnc34)ncn2)cn1. The number of nitrogens with one attached hydrogen (secondary N) is 2. The number of anilines is 1. The molecule has 4 rings (SSSR count). The Balaban J connectivity index is 1.48. The number of amides is 1. The summed E-state index contributed by atoms with van der Waals surface area (Å²) in [5, 5.41) is 6.80. The van der Waals surface area contributed by atoms with Crippen LogP contribution in [-0.4, -0.2) is 56.0 Å². The number of aromatic nitrogens is 6. The fourth-order valence-corrected chi connectivity index (χ4v) is 3.79. The minimum absolute atomic E-state index is 0.166. The average molecular weight is 473 g/mol. The maximum Gasteiger partial charge on any atom is 0.316 e. The van der Waals surface area contributed by atoms with E-state index in [2.05, 4.69) is 60.5 Å². The highest BCUT2D eigenvalue weighted by Gasteiger charge is 2.20. The van der Waals surface area contributed by atoms with E-state index in [1.165, 1.54) is 12.7 Å². The highest BCUT2D eigenvalue weighted by atomic mass is 16.5. The summed E-state index contributed by atoms with van der Waals surface area (Å²) < 4.78 is 5.30. The van der Waals surface area contributed by atoms with Crippen LogP contribution < -0.4 is 15.4 Å². The van der Waals surface area contributed by atoms with Gasteiger partial charge < -0.3 is 15.4 Å². The lowest BCUT2D eigenvalue weighted by Gasteiger charge is -2.22. The molecule has 35 heavy (non-hydrogen) atoms. The van der Waals surface area contributed by atoms with E-state index in [1.807, 2.05) is 25.1 Å². The van der Waals surface area contributed by atoms with Crippen molar-refractivity contribution in [1.29, 1.82) is 0 Å². The molecule has 0 radical (unpaired) electrons. The molecule has 1 aromatic carbocycles. The number of carbonyl (C=O) groups excluding carboxylic acids is 1. The number of nitrogens with zero attached hydrogens (tertiary/aromatic N) is 6. The molecule has 0 bridgehead atoms. The van der Waals surface area contributed by atoms with Gasteiger partial charge in [0.15, 0.2) is 0 Å². The van der Waals surface area contributed by atoms with E-state index in [4.69, 9.17) is 4.74 Å². The molecule has 0 aliphatic rings. The van der Waals surface area contributed by atoms with Gasteiger partial charge in [0.1, 0.15) is 24.2 Å². The maximum absolute atomic E-state index is 12.2. The van der Waals surface area contributed by atoms with E-state index in [0.29, 0.717) is 30.7 Å². The van der Waals surface area contributed by atoms with E-state index < -0.39 is 0 Å². The first-order valence-electron chi connectivity index (χ1n) is 11.5. The molecule has 1 amide bonds. The molecule has 3 aromatic heterocycles. The zero-order valence-electron chi connectivity index (χ0n) is 20.2. The van der Waals surface area contributed by atoms with Crippen LogP contribution in [0.1, 0.15) is 42.7 Å². The Hall–Kier alpha value is -4.21. The van der Waals surface area contributed by atoms with Crippen LogP contribution in [0.5, 0.6) is 6.01 Å². The van der Waals surface area contributed by atoms with Crippen LogP contribution in [0.15, 0.2) is 49.3 Å². The topological polar surface area (TPSA) is 128 Å². The number of benzene rings is 1. The number of hydrogen-bond donors (Lipinski definition) is 2. The first kappa shape index (κ1) is 23.9. The molecule has 2 N–H and O–H groups in total. The van der Waals surface area contributed by atoms with Crippen LogP contribution in [0.2, 0.25) is 0 Å². The molecule has 0 saturated carbocycles. The molecule has 0 aliphatic carbocycles. The summed E-state index contributed by atoms with van der Waals surface area (Å²) in [6.07, 6.45) is 6.33. The molecule has 0 aliphatic heterocycles. The highest BCUT2D eigenvalue weighted by molar-refractivity contribution is 6.04. The second kappa shape index (κ2) is 10.8. The van der Waals surface area contributed by atoms with Crippen molar-refractivity contribution in [3.8, 4) is 17.3 Å². The molecule has 0 fully saturated rings. The summed E-state index contributed by atoms with van der Waals surface area (Å²) >= 11 is 0. The third-order valence-corrected chi connectivity index (χ3v) is 5.95. The summed E-state index contributed by atoms with van der Waals surface area (Å²) in [5.41, 5.74) is 3.74. The second-order valence-electron chi connectivity index (χ2n) is 8.17. The highest BCUT2D eigenvalue weighted by Crippen LogP contribution is 2.30. The van der Waals surface area contributed by atoms with Gasteiger partial charge in [-0.3, -0.25) is 4.79 Å². The van der Waals surface area contributed by atoms with Gasteiger partial charge in [-0.1, -0.05) is 32.0 Å². The van der Waals surface area contributed by atoms with Crippen LogP contribution >= 0.6 is 0 Å². The molecule has 4 aromatic rings. The lowest BCUT2D eigenvalue weighted by atomic mass is 9.87. The third kappa shape index (κ3) is 5.32. The Bertz CT molecular complexity index is 1310. The van der Waals surface area contributed by atoms with E-state index >= 15 is 0 Å². The van der Waals surface area contributed by atoms with Gasteiger partial charge in [0.2, 0.25) is 0 Å². The van der Waals surface area contributed by atoms with E-state index in [-0.39, 0.29) is 17.7 Å². The molecule has 1 unspecified atom stereocenters. The normalized spacial score (nSPS) is 12.7. The van der Waals surface area contributed by atoms with Gasteiger partial charge in [-0.2, -0.15) is 0 Å². The van der Waals surface area contributed by atoms with Crippen molar-refractivity contribution >= 4 is 22.6 Å². The number of hydrogen-bond acceptors (Lipinski definition) is 9. The third-order valence-electron chi connectivity index (χ3n) is 5.95. The minimum Gasteiger partial charge on any atom is -0.464 e. The predicted octanol–water partition coefficient (Wildman–Crippen LogP) is 3.49. The second-order valence-corrected chi connectivity index (χ2v) is 8.17. The molecule has 0 spiro atoms. The Kier molecular flexibility index (Phi) is 7.39. The van der Waals surface area contributed by atoms with Crippen molar-refractivity contribution in [3.05, 3.63) is 60.6 Å². The van der Waals surface area contributed by atoms with Gasteiger partial charge in [0, 0.05) is 43.0 Å². The van der Waals surface area contributed by atoms with Crippen LogP contribution in [-0.2, 0) is 0 Å². The molecule has 180 valence electrons.